The number of rotatable bonds is 7. The first kappa shape index (κ1) is 30.8. The Kier molecular flexibility index (Phi) is 10.0. The van der Waals surface area contributed by atoms with Gasteiger partial charge in [-0.25, -0.2) is 0 Å². The van der Waals surface area contributed by atoms with Crippen molar-refractivity contribution in [2.24, 2.45) is 10.2 Å². The predicted molar refractivity (Wildman–Crippen MR) is 144 cm³/mol. The summed E-state index contributed by atoms with van der Waals surface area (Å²) in [5.41, 5.74) is -0.0742. The number of nitrogens with one attached hydrogen (secondary N) is 1. The Bertz CT molecular complexity index is 1710. The molecule has 0 aliphatic rings. The molecule has 196 valence electrons. The van der Waals surface area contributed by atoms with Crippen molar-refractivity contribution >= 4 is 67.1 Å². The van der Waals surface area contributed by atoms with Crippen molar-refractivity contribution in [3.8, 4) is 11.5 Å². The minimum Gasteiger partial charge on any atom is -0.870 e. The summed E-state index contributed by atoms with van der Waals surface area (Å²) in [5, 5.41) is 25.1. The maximum atomic E-state index is 13.5. The molecule has 0 saturated heterocycles. The number of azo groups is 1. The van der Waals surface area contributed by atoms with Crippen molar-refractivity contribution in [2.75, 3.05) is 11.9 Å². The van der Waals surface area contributed by atoms with Gasteiger partial charge in [-0.3, -0.25) is 9.35 Å². The van der Waals surface area contributed by atoms with Crippen LogP contribution in [0.3, 0.4) is 0 Å². The standard InChI is InChI=1S/C26H21Cl2N3O6S.Na/c1-3-37-24-18(27)9-6-10-20(24)29-26(33)17-13-15-7-4-5-8-16(15)22(23(17)32)31-30-21-14(2)11-12-19(28)25(21)38(34,35)36;/h4-13,32H,3H2,1-2H3,(H,29,33)(H,34,35,36);/q;+1/p-1. The van der Waals surface area contributed by atoms with Gasteiger partial charge >= 0.3 is 29.6 Å². The molecule has 0 unspecified atom stereocenters. The van der Waals surface area contributed by atoms with E-state index < -0.39 is 26.7 Å². The Balaban J connectivity index is 0.00000420. The first-order valence-electron chi connectivity index (χ1n) is 11.2. The number of fused-ring (bicyclic) bond motifs is 1. The van der Waals surface area contributed by atoms with Crippen LogP contribution in [0.25, 0.3) is 10.8 Å². The number of carbonyl (C=O) groups is 1. The van der Waals surface area contributed by atoms with E-state index in [2.05, 4.69) is 15.5 Å². The summed E-state index contributed by atoms with van der Waals surface area (Å²) in [6, 6.07) is 15.7. The van der Waals surface area contributed by atoms with Gasteiger partial charge in [0.25, 0.3) is 16.0 Å². The monoisotopic (exact) mass is 595 g/mol. The molecule has 0 bridgehead atoms. The molecule has 39 heavy (non-hydrogen) atoms. The molecular formula is C26H20Cl2N3NaO6S. The van der Waals surface area contributed by atoms with Crippen molar-refractivity contribution in [1.82, 2.24) is 0 Å². The average molecular weight is 596 g/mol. The van der Waals surface area contributed by atoms with Crippen LogP contribution < -0.4 is 44.7 Å². The Morgan fingerprint density at radius 2 is 1.72 bits per heavy atom. The normalized spacial score (nSPS) is 11.4. The summed E-state index contributed by atoms with van der Waals surface area (Å²) in [4.78, 5) is 12.6. The molecule has 0 heterocycles. The number of ether oxygens (including phenoxy) is 1. The van der Waals surface area contributed by atoms with Crippen molar-refractivity contribution in [3.05, 3.63) is 81.8 Å². The third-order valence-electron chi connectivity index (χ3n) is 5.52. The van der Waals surface area contributed by atoms with Gasteiger partial charge in [-0.1, -0.05) is 65.3 Å². The largest absolute Gasteiger partial charge is 1.00 e. The van der Waals surface area contributed by atoms with Crippen LogP contribution in [0.5, 0.6) is 11.5 Å². The van der Waals surface area contributed by atoms with E-state index in [9.17, 15) is 22.9 Å². The van der Waals surface area contributed by atoms with Crippen LogP contribution in [0.15, 0.2) is 75.8 Å². The number of anilines is 1. The van der Waals surface area contributed by atoms with Crippen LogP contribution in [0.2, 0.25) is 10.0 Å². The molecule has 0 spiro atoms. The second-order valence-corrected chi connectivity index (χ2v) is 10.2. The minimum absolute atomic E-state index is 0. The zero-order chi connectivity index (χ0) is 27.6. The first-order valence-corrected chi connectivity index (χ1v) is 13.4. The molecule has 4 aromatic rings. The summed E-state index contributed by atoms with van der Waals surface area (Å²) in [7, 11) is -4.76. The van der Waals surface area contributed by atoms with E-state index in [-0.39, 0.29) is 68.0 Å². The van der Waals surface area contributed by atoms with Crippen LogP contribution in [0, 0.1) is 6.92 Å². The second-order valence-electron chi connectivity index (χ2n) is 8.04. The molecule has 2 N–H and O–H groups in total. The molecule has 4 aromatic carbocycles. The number of para-hydroxylation sites is 1. The fourth-order valence-corrected chi connectivity index (χ4v) is 5.21. The summed E-state index contributed by atoms with van der Waals surface area (Å²) in [5.74, 6) is -1.23. The van der Waals surface area contributed by atoms with Gasteiger partial charge in [0.15, 0.2) is 5.75 Å². The average Bonchev–Trinajstić information content (AvgIpc) is 2.86. The van der Waals surface area contributed by atoms with Gasteiger partial charge in [0, 0.05) is 10.9 Å². The van der Waals surface area contributed by atoms with E-state index in [4.69, 9.17) is 27.9 Å². The van der Waals surface area contributed by atoms with Crippen molar-refractivity contribution in [2.45, 2.75) is 18.7 Å². The van der Waals surface area contributed by atoms with E-state index in [1.807, 2.05) is 0 Å². The van der Waals surface area contributed by atoms with E-state index >= 15 is 0 Å². The molecule has 0 radical (unpaired) electrons. The topological polar surface area (TPSA) is 140 Å². The van der Waals surface area contributed by atoms with E-state index in [0.717, 1.165) is 0 Å². The molecule has 0 fully saturated rings. The predicted octanol–water partition coefficient (Wildman–Crippen LogP) is 3.85. The number of aryl methyl sites for hydroxylation is 1. The number of carbonyl (C=O) groups excluding carboxylic acids is 1. The zero-order valence-corrected chi connectivity index (χ0v) is 25.4. The number of benzene rings is 4. The minimum atomic E-state index is -4.76. The second kappa shape index (κ2) is 12.6. The SMILES string of the molecule is CCOc1c(Cl)cccc1NC(=O)c1cc2ccccc2c(N=Nc2c(C)ccc(Cl)c2S(=O)(=O)O)c1[O-].[Na+]. The van der Waals surface area contributed by atoms with E-state index in [1.54, 1.807) is 56.3 Å². The van der Waals surface area contributed by atoms with Gasteiger partial charge in [-0.15, -0.1) is 5.11 Å². The molecular weight excluding hydrogens is 576 g/mol. The van der Waals surface area contributed by atoms with Gasteiger partial charge in [0.05, 0.1) is 28.0 Å². The van der Waals surface area contributed by atoms with Gasteiger partial charge in [-0.2, -0.15) is 13.5 Å². The smallest absolute Gasteiger partial charge is 0.870 e. The van der Waals surface area contributed by atoms with Crippen LogP contribution in [0.4, 0.5) is 17.1 Å². The van der Waals surface area contributed by atoms with Gasteiger partial charge in [-0.05, 0) is 49.1 Å². The molecule has 13 heteroatoms. The van der Waals surface area contributed by atoms with E-state index in [0.29, 0.717) is 22.9 Å². The Morgan fingerprint density at radius 1 is 1.03 bits per heavy atom. The third-order valence-corrected chi connectivity index (χ3v) is 7.17. The Labute approximate surface area is 256 Å². The number of hydrogen-bond donors (Lipinski definition) is 2. The van der Waals surface area contributed by atoms with Crippen LogP contribution in [-0.4, -0.2) is 25.5 Å². The van der Waals surface area contributed by atoms with Crippen molar-refractivity contribution in [1.29, 1.82) is 0 Å². The Hall–Kier alpha value is -2.70. The summed E-state index contributed by atoms with van der Waals surface area (Å²) in [6.45, 7) is 3.61. The van der Waals surface area contributed by atoms with Crippen molar-refractivity contribution < 1.29 is 57.2 Å². The van der Waals surface area contributed by atoms with Crippen LogP contribution >= 0.6 is 23.2 Å². The van der Waals surface area contributed by atoms with Crippen molar-refractivity contribution in [3.63, 3.8) is 0 Å². The molecule has 1 amide bonds. The zero-order valence-electron chi connectivity index (χ0n) is 21.0. The third kappa shape index (κ3) is 6.55. The molecule has 9 nitrogen and oxygen atoms in total. The van der Waals surface area contributed by atoms with Gasteiger partial charge in [0.1, 0.15) is 10.6 Å². The molecule has 0 saturated carbocycles. The quantitative estimate of drug-likeness (QED) is 0.189. The molecule has 0 atom stereocenters. The fourth-order valence-electron chi connectivity index (χ4n) is 3.78. The molecule has 0 aromatic heterocycles. The molecule has 4 rings (SSSR count). The number of amides is 1. The summed E-state index contributed by atoms with van der Waals surface area (Å²) < 4.78 is 39.2. The number of halogens is 2. The number of hydrogen-bond acceptors (Lipinski definition) is 7. The maximum Gasteiger partial charge on any atom is 1.00 e. The van der Waals surface area contributed by atoms with Crippen LogP contribution in [0.1, 0.15) is 22.8 Å². The summed E-state index contributed by atoms with van der Waals surface area (Å²) >= 11 is 12.2. The van der Waals surface area contributed by atoms with E-state index in [1.165, 1.54) is 18.2 Å². The molecule has 0 aliphatic heterocycles. The van der Waals surface area contributed by atoms with Gasteiger partial charge < -0.3 is 15.2 Å². The maximum absolute atomic E-state index is 13.5. The van der Waals surface area contributed by atoms with Crippen LogP contribution in [-0.2, 0) is 10.1 Å². The Morgan fingerprint density at radius 3 is 2.41 bits per heavy atom. The van der Waals surface area contributed by atoms with Gasteiger partial charge in [0.2, 0.25) is 0 Å². The summed E-state index contributed by atoms with van der Waals surface area (Å²) in [6.07, 6.45) is 0. The number of nitrogens with zero attached hydrogens (tertiary/aromatic N) is 2. The fraction of sp³-hybridized carbons (Fsp3) is 0.115. The molecule has 0 aliphatic carbocycles. The first-order chi connectivity index (χ1) is 18.0.